The van der Waals surface area contributed by atoms with Crippen LogP contribution in [-0.2, 0) is 25.7 Å². The second kappa shape index (κ2) is 18.5. The molecule has 3 aromatic rings. The minimum absolute atomic E-state index is 0.00459. The number of alkyl halides is 1. The number of hydrogen-bond acceptors (Lipinski definition) is 8. The molecule has 1 aromatic heterocycles. The molecule has 2 aliphatic heterocycles. The van der Waals surface area contributed by atoms with Crippen molar-refractivity contribution >= 4 is 36.8 Å². The molecule has 4 atom stereocenters. The Bertz CT molecular complexity index is 1690. The first-order valence-electron chi connectivity index (χ1n) is 17.3. The Labute approximate surface area is 307 Å². The number of carbonyl (C=O) groups is 4. The van der Waals surface area contributed by atoms with Gasteiger partial charge in [0.15, 0.2) is 0 Å². The molecule has 3 heterocycles. The van der Waals surface area contributed by atoms with Gasteiger partial charge in [0.05, 0.1) is 17.0 Å². The van der Waals surface area contributed by atoms with Crippen LogP contribution in [0.4, 0.5) is 13.2 Å². The summed E-state index contributed by atoms with van der Waals surface area (Å²) in [5, 5.41) is 15.3. The number of likely N-dealkylation sites (tertiary alicyclic amines) is 1. The fourth-order valence-corrected chi connectivity index (χ4v) is 6.87. The lowest BCUT2D eigenvalue weighted by molar-refractivity contribution is -0.141. The van der Waals surface area contributed by atoms with E-state index in [2.05, 4.69) is 23.3 Å². The first kappa shape index (κ1) is 40.6. The van der Waals surface area contributed by atoms with E-state index in [-0.39, 0.29) is 49.1 Å². The van der Waals surface area contributed by atoms with Gasteiger partial charge in [-0.2, -0.15) is 12.6 Å². The first-order chi connectivity index (χ1) is 24.8. The van der Waals surface area contributed by atoms with Gasteiger partial charge in [-0.25, -0.2) is 18.2 Å². The molecule has 282 valence electrons. The van der Waals surface area contributed by atoms with Crippen molar-refractivity contribution in [2.75, 3.05) is 39.3 Å². The van der Waals surface area contributed by atoms with E-state index in [0.717, 1.165) is 30.2 Å². The third-order valence-electron chi connectivity index (χ3n) is 9.31. The summed E-state index contributed by atoms with van der Waals surface area (Å²) in [4.78, 5) is 54.1. The van der Waals surface area contributed by atoms with E-state index in [0.29, 0.717) is 38.3 Å². The van der Waals surface area contributed by atoms with E-state index in [9.17, 15) is 37.5 Å². The molecular weight excluding hydrogens is 698 g/mol. The Morgan fingerprint density at radius 1 is 1.19 bits per heavy atom. The van der Waals surface area contributed by atoms with Gasteiger partial charge in [-0.3, -0.25) is 24.1 Å². The molecule has 3 N–H and O–H groups in total. The van der Waals surface area contributed by atoms with Crippen molar-refractivity contribution in [2.45, 2.75) is 64.0 Å². The van der Waals surface area contributed by atoms with Crippen molar-refractivity contribution in [1.29, 1.82) is 0 Å². The highest BCUT2D eigenvalue weighted by molar-refractivity contribution is 7.81. The topological polar surface area (TPSA) is 137 Å². The van der Waals surface area contributed by atoms with E-state index in [1.165, 1.54) is 9.80 Å². The second-order valence-electron chi connectivity index (χ2n) is 13.7. The molecule has 2 aromatic carbocycles. The molecule has 4 amide bonds. The van der Waals surface area contributed by atoms with Gasteiger partial charge in [0.1, 0.15) is 30.2 Å². The summed E-state index contributed by atoms with van der Waals surface area (Å²) in [7, 11) is 0. The zero-order valence-electron chi connectivity index (χ0n) is 29.6. The van der Waals surface area contributed by atoms with Gasteiger partial charge in [0.25, 0.3) is 0 Å². The summed E-state index contributed by atoms with van der Waals surface area (Å²) >= 11 is 3.99. The number of carbonyl (C=O) groups excluding carboxylic acids is 4. The molecule has 0 spiro atoms. The molecule has 0 aliphatic carbocycles. The average molecular weight is 745 g/mol. The van der Waals surface area contributed by atoms with E-state index < -0.39 is 52.9 Å². The molecule has 15 heteroatoms. The highest BCUT2D eigenvalue weighted by Crippen LogP contribution is 2.42. The molecule has 2 fully saturated rings. The normalized spacial score (nSPS) is 19.3. The highest BCUT2D eigenvalue weighted by atomic mass is 32.1. The minimum Gasteiger partial charge on any atom is -0.387 e. The maximum absolute atomic E-state index is 14.9. The summed E-state index contributed by atoms with van der Waals surface area (Å²) in [6.45, 7) is 6.57. The summed E-state index contributed by atoms with van der Waals surface area (Å²) in [6.07, 6.45) is 2.49. The largest absolute Gasteiger partial charge is 0.387 e. The molecule has 5 rings (SSSR count). The number of aromatic nitrogens is 2. The molecule has 0 radical (unpaired) electrons. The number of rotatable bonds is 15. The summed E-state index contributed by atoms with van der Waals surface area (Å²) in [5.74, 6) is -2.28. The fourth-order valence-electron chi connectivity index (χ4n) is 6.58. The quantitative estimate of drug-likeness (QED) is 0.0803. The lowest BCUT2D eigenvalue weighted by atomic mass is 9.79. The van der Waals surface area contributed by atoms with Gasteiger partial charge in [0, 0.05) is 63.4 Å². The van der Waals surface area contributed by atoms with Crippen LogP contribution in [0.2, 0.25) is 0 Å². The van der Waals surface area contributed by atoms with Crippen LogP contribution in [0, 0.1) is 23.0 Å². The standard InChI is InChI=1S/C30H36F3N5O3.C7H11NO2S/c1-30(2,10-11-34-19-40)28(38(27(41)18-39)16-21-13-35-14-25(21)33)29-36-26(23-12-22(31)8-9-24(23)32)17-37(29)15-20-6-4-3-5-7-20;1-2-3-8-6(9)4-5(11)7(8)10/h3-9,12,17,19,21,25,28,35,39H,10-11,13-16,18H2,1-2H3,(H,34,40);5,11H,2-4H2,1H3. The van der Waals surface area contributed by atoms with E-state index in [1.807, 2.05) is 51.1 Å². The number of amides is 4. The SMILES string of the molecule is CC(C)(CCNC=O)C(c1nc(-c2cc(F)ccc2F)cn1Cc1ccccc1)N(CC1CNCC1F)C(=O)CO.CCCN1C(=O)CC(S)C1=O. The zero-order valence-corrected chi connectivity index (χ0v) is 30.5. The van der Waals surface area contributed by atoms with Gasteiger partial charge in [-0.1, -0.05) is 51.1 Å². The number of halogens is 3. The molecule has 11 nitrogen and oxygen atoms in total. The number of aliphatic hydroxyl groups is 1. The lowest BCUT2D eigenvalue weighted by Gasteiger charge is -2.43. The average Bonchev–Trinajstić information content (AvgIpc) is 3.79. The number of imidazole rings is 1. The van der Waals surface area contributed by atoms with Gasteiger partial charge < -0.3 is 25.2 Å². The molecule has 0 bridgehead atoms. The summed E-state index contributed by atoms with van der Waals surface area (Å²) in [5.41, 5.74) is 0.263. The second-order valence-corrected chi connectivity index (χ2v) is 14.3. The van der Waals surface area contributed by atoms with Crippen molar-refractivity contribution in [1.82, 2.24) is 30.0 Å². The number of aliphatic hydroxyl groups excluding tert-OH is 1. The highest BCUT2D eigenvalue weighted by Gasteiger charge is 2.43. The van der Waals surface area contributed by atoms with Gasteiger partial charge in [0.2, 0.25) is 24.1 Å². The third-order valence-corrected chi connectivity index (χ3v) is 9.72. The molecule has 2 saturated heterocycles. The van der Waals surface area contributed by atoms with Crippen molar-refractivity contribution in [3.8, 4) is 11.3 Å². The van der Waals surface area contributed by atoms with Crippen molar-refractivity contribution in [2.24, 2.45) is 11.3 Å². The third kappa shape index (κ3) is 10.0. The van der Waals surface area contributed by atoms with Crippen LogP contribution in [-0.4, -0.2) is 99.3 Å². The molecular formula is C37H47F3N6O5S. The van der Waals surface area contributed by atoms with E-state index >= 15 is 0 Å². The monoisotopic (exact) mass is 744 g/mol. The van der Waals surface area contributed by atoms with Crippen LogP contribution in [0.3, 0.4) is 0 Å². The fraction of sp³-hybridized carbons (Fsp3) is 0.486. The first-order valence-corrected chi connectivity index (χ1v) is 17.8. The van der Waals surface area contributed by atoms with Crippen LogP contribution in [0.25, 0.3) is 11.3 Å². The number of benzene rings is 2. The molecule has 2 aliphatic rings. The predicted molar refractivity (Wildman–Crippen MR) is 193 cm³/mol. The van der Waals surface area contributed by atoms with Crippen LogP contribution in [0.1, 0.15) is 57.5 Å². The minimum atomic E-state index is -1.19. The molecule has 4 unspecified atom stereocenters. The summed E-state index contributed by atoms with van der Waals surface area (Å²) < 4.78 is 45.7. The van der Waals surface area contributed by atoms with Gasteiger partial charge in [-0.15, -0.1) is 0 Å². The van der Waals surface area contributed by atoms with Crippen LogP contribution < -0.4 is 10.6 Å². The maximum atomic E-state index is 14.9. The van der Waals surface area contributed by atoms with Gasteiger partial charge in [-0.05, 0) is 42.0 Å². The Hall–Kier alpha value is -4.21. The van der Waals surface area contributed by atoms with E-state index in [1.54, 1.807) is 10.8 Å². The van der Waals surface area contributed by atoms with Gasteiger partial charge >= 0.3 is 0 Å². The van der Waals surface area contributed by atoms with E-state index in [4.69, 9.17) is 4.98 Å². The van der Waals surface area contributed by atoms with Crippen LogP contribution in [0.15, 0.2) is 54.7 Å². The Balaban J connectivity index is 0.000000470. The Kier molecular flexibility index (Phi) is 14.4. The van der Waals surface area contributed by atoms with Crippen molar-refractivity contribution in [3.63, 3.8) is 0 Å². The van der Waals surface area contributed by atoms with Crippen molar-refractivity contribution in [3.05, 3.63) is 77.8 Å². The Morgan fingerprint density at radius 3 is 2.52 bits per heavy atom. The van der Waals surface area contributed by atoms with Crippen LogP contribution >= 0.6 is 12.6 Å². The Morgan fingerprint density at radius 2 is 1.92 bits per heavy atom. The predicted octanol–water partition coefficient (Wildman–Crippen LogP) is 3.91. The summed E-state index contributed by atoms with van der Waals surface area (Å²) in [6, 6.07) is 11.8. The number of nitrogens with one attached hydrogen (secondary N) is 2. The van der Waals surface area contributed by atoms with Crippen LogP contribution in [0.5, 0.6) is 0 Å². The maximum Gasteiger partial charge on any atom is 0.248 e. The molecule has 52 heavy (non-hydrogen) atoms. The molecule has 0 saturated carbocycles. The number of imide groups is 1. The number of thiol groups is 1. The number of nitrogens with zero attached hydrogens (tertiary/aromatic N) is 4. The zero-order chi connectivity index (χ0) is 38.0. The number of hydrogen-bond donors (Lipinski definition) is 4. The lowest BCUT2D eigenvalue weighted by Crippen LogP contribution is -2.48. The van der Waals surface area contributed by atoms with Crippen molar-refractivity contribution < 1.29 is 37.5 Å². The smallest absolute Gasteiger partial charge is 0.248 e.